The Morgan fingerprint density at radius 3 is 3.19 bits per heavy atom. The molecular formula is C13H15BrN2. The summed E-state index contributed by atoms with van der Waals surface area (Å²) < 4.78 is 1.07. The molecule has 0 radical (unpaired) electrons. The lowest BCUT2D eigenvalue weighted by atomic mass is 9.84. The van der Waals surface area contributed by atoms with Crippen LogP contribution in [0.15, 0.2) is 29.0 Å². The number of fused-ring (bicyclic) bond motifs is 1. The molecule has 0 saturated carbocycles. The van der Waals surface area contributed by atoms with E-state index in [1.54, 1.807) is 0 Å². The Morgan fingerprint density at radius 1 is 1.38 bits per heavy atom. The maximum absolute atomic E-state index is 4.26. The van der Waals surface area contributed by atoms with Gasteiger partial charge in [-0.1, -0.05) is 6.08 Å². The summed E-state index contributed by atoms with van der Waals surface area (Å²) in [6, 6.07) is 2.18. The van der Waals surface area contributed by atoms with Crippen LogP contribution in [0.2, 0.25) is 0 Å². The number of hydrogen-bond acceptors (Lipinski definition) is 2. The SMILES string of the molecule is Brc1cncc(C2=CCC3CCNCC23)c1. The Hall–Kier alpha value is -0.670. The molecule has 84 valence electrons. The topological polar surface area (TPSA) is 24.9 Å². The van der Waals surface area contributed by atoms with Crippen LogP contribution in [0, 0.1) is 11.8 Å². The molecule has 0 spiro atoms. The summed E-state index contributed by atoms with van der Waals surface area (Å²) in [5, 5.41) is 3.50. The van der Waals surface area contributed by atoms with Gasteiger partial charge in [0.1, 0.15) is 0 Å². The quantitative estimate of drug-likeness (QED) is 0.855. The van der Waals surface area contributed by atoms with Gasteiger partial charge in [0.15, 0.2) is 0 Å². The first kappa shape index (κ1) is 10.5. The Labute approximate surface area is 104 Å². The maximum Gasteiger partial charge on any atom is 0.0410 e. The van der Waals surface area contributed by atoms with Crippen molar-refractivity contribution in [2.45, 2.75) is 12.8 Å². The highest BCUT2D eigenvalue weighted by atomic mass is 79.9. The predicted octanol–water partition coefficient (Wildman–Crippen LogP) is 2.86. The molecule has 1 aliphatic carbocycles. The minimum Gasteiger partial charge on any atom is -0.316 e. The molecule has 2 aliphatic rings. The molecule has 3 heteroatoms. The van der Waals surface area contributed by atoms with E-state index in [1.165, 1.54) is 30.5 Å². The van der Waals surface area contributed by atoms with Crippen molar-refractivity contribution < 1.29 is 0 Å². The van der Waals surface area contributed by atoms with Crippen molar-refractivity contribution >= 4 is 21.5 Å². The minimum atomic E-state index is 0.699. The third kappa shape index (κ3) is 1.82. The van der Waals surface area contributed by atoms with E-state index in [2.05, 4.69) is 38.4 Å². The van der Waals surface area contributed by atoms with Gasteiger partial charge in [-0.25, -0.2) is 0 Å². The first-order valence-corrected chi connectivity index (χ1v) is 6.65. The molecule has 2 nitrogen and oxygen atoms in total. The van der Waals surface area contributed by atoms with Crippen molar-refractivity contribution in [2.24, 2.45) is 11.8 Å². The second-order valence-corrected chi connectivity index (χ2v) is 5.56. The number of rotatable bonds is 1. The van der Waals surface area contributed by atoms with Gasteiger partial charge in [-0.3, -0.25) is 4.98 Å². The molecule has 0 amide bonds. The standard InChI is InChI=1S/C13H15BrN2/c14-11-5-10(6-16-7-11)12-2-1-9-3-4-15-8-13(9)12/h2,5-7,9,13,15H,1,3-4,8H2. The lowest BCUT2D eigenvalue weighted by Gasteiger charge is -2.28. The molecule has 1 aliphatic heterocycles. The van der Waals surface area contributed by atoms with Crippen LogP contribution in [0.4, 0.5) is 0 Å². The van der Waals surface area contributed by atoms with Crippen LogP contribution < -0.4 is 5.32 Å². The minimum absolute atomic E-state index is 0.699. The first-order valence-electron chi connectivity index (χ1n) is 5.86. The van der Waals surface area contributed by atoms with Crippen LogP contribution in [0.5, 0.6) is 0 Å². The van der Waals surface area contributed by atoms with E-state index >= 15 is 0 Å². The number of halogens is 1. The van der Waals surface area contributed by atoms with Gasteiger partial charge in [0.05, 0.1) is 0 Å². The van der Waals surface area contributed by atoms with Crippen molar-refractivity contribution in [3.05, 3.63) is 34.6 Å². The summed E-state index contributed by atoms with van der Waals surface area (Å²) in [5.74, 6) is 1.56. The van der Waals surface area contributed by atoms with Crippen LogP contribution in [0.25, 0.3) is 5.57 Å². The van der Waals surface area contributed by atoms with Gasteiger partial charge in [-0.15, -0.1) is 0 Å². The van der Waals surface area contributed by atoms with Crippen molar-refractivity contribution in [1.82, 2.24) is 10.3 Å². The molecule has 1 N–H and O–H groups in total. The smallest absolute Gasteiger partial charge is 0.0410 e. The highest BCUT2D eigenvalue weighted by Crippen LogP contribution is 2.41. The molecule has 0 bridgehead atoms. The van der Waals surface area contributed by atoms with E-state index in [4.69, 9.17) is 0 Å². The normalized spacial score (nSPS) is 28.7. The number of nitrogens with zero attached hydrogens (tertiary/aromatic N) is 1. The Balaban J connectivity index is 1.90. The first-order chi connectivity index (χ1) is 7.84. The molecule has 3 rings (SSSR count). The molecule has 1 aromatic heterocycles. The summed E-state index contributed by atoms with van der Waals surface area (Å²) in [6.45, 7) is 2.31. The van der Waals surface area contributed by atoms with Crippen LogP contribution in [0.3, 0.4) is 0 Å². The van der Waals surface area contributed by atoms with E-state index < -0.39 is 0 Å². The molecule has 1 aromatic rings. The van der Waals surface area contributed by atoms with E-state index in [-0.39, 0.29) is 0 Å². The third-order valence-electron chi connectivity index (χ3n) is 3.70. The molecular weight excluding hydrogens is 264 g/mol. The number of piperidine rings is 1. The Kier molecular flexibility index (Phi) is 2.82. The van der Waals surface area contributed by atoms with Crippen LogP contribution in [0.1, 0.15) is 18.4 Å². The maximum atomic E-state index is 4.26. The van der Waals surface area contributed by atoms with Gasteiger partial charge in [0.25, 0.3) is 0 Å². The molecule has 2 heterocycles. The fourth-order valence-electron chi connectivity index (χ4n) is 2.89. The zero-order chi connectivity index (χ0) is 11.0. The molecule has 2 atom stereocenters. The molecule has 1 saturated heterocycles. The van der Waals surface area contributed by atoms with E-state index in [9.17, 15) is 0 Å². The van der Waals surface area contributed by atoms with Crippen molar-refractivity contribution in [3.63, 3.8) is 0 Å². The van der Waals surface area contributed by atoms with Gasteiger partial charge >= 0.3 is 0 Å². The van der Waals surface area contributed by atoms with Crippen LogP contribution in [-0.4, -0.2) is 18.1 Å². The summed E-state index contributed by atoms with van der Waals surface area (Å²) in [4.78, 5) is 4.26. The Bertz CT molecular complexity index is 428. The number of aromatic nitrogens is 1. The van der Waals surface area contributed by atoms with Gasteiger partial charge in [-0.2, -0.15) is 0 Å². The van der Waals surface area contributed by atoms with E-state index in [0.717, 1.165) is 16.9 Å². The summed E-state index contributed by atoms with van der Waals surface area (Å²) in [7, 11) is 0. The summed E-state index contributed by atoms with van der Waals surface area (Å²) >= 11 is 3.49. The molecule has 1 fully saturated rings. The zero-order valence-corrected chi connectivity index (χ0v) is 10.7. The predicted molar refractivity (Wildman–Crippen MR) is 69.0 cm³/mol. The zero-order valence-electron chi connectivity index (χ0n) is 9.12. The monoisotopic (exact) mass is 278 g/mol. The average molecular weight is 279 g/mol. The van der Waals surface area contributed by atoms with Crippen molar-refractivity contribution in [3.8, 4) is 0 Å². The van der Waals surface area contributed by atoms with Crippen molar-refractivity contribution in [2.75, 3.05) is 13.1 Å². The number of hydrogen-bond donors (Lipinski definition) is 1. The molecule has 2 unspecified atom stereocenters. The lowest BCUT2D eigenvalue weighted by molar-refractivity contribution is 0.328. The number of pyridine rings is 1. The van der Waals surface area contributed by atoms with Crippen LogP contribution in [-0.2, 0) is 0 Å². The van der Waals surface area contributed by atoms with Gasteiger partial charge in [0.2, 0.25) is 0 Å². The van der Waals surface area contributed by atoms with Gasteiger partial charge < -0.3 is 5.32 Å². The summed E-state index contributed by atoms with van der Waals surface area (Å²) in [6.07, 6.45) is 8.79. The second kappa shape index (κ2) is 4.30. The highest BCUT2D eigenvalue weighted by molar-refractivity contribution is 9.10. The van der Waals surface area contributed by atoms with E-state index in [1.807, 2.05) is 12.4 Å². The van der Waals surface area contributed by atoms with Gasteiger partial charge in [-0.05, 0) is 64.4 Å². The van der Waals surface area contributed by atoms with E-state index in [0.29, 0.717) is 5.92 Å². The Morgan fingerprint density at radius 2 is 2.31 bits per heavy atom. The average Bonchev–Trinajstić information content (AvgIpc) is 2.72. The number of allylic oxidation sites excluding steroid dienone is 1. The third-order valence-corrected chi connectivity index (χ3v) is 4.14. The highest BCUT2D eigenvalue weighted by Gasteiger charge is 2.32. The largest absolute Gasteiger partial charge is 0.316 e. The molecule has 16 heavy (non-hydrogen) atoms. The molecule has 0 aromatic carbocycles. The fraction of sp³-hybridized carbons (Fsp3) is 0.462. The summed E-state index contributed by atoms with van der Waals surface area (Å²) in [5.41, 5.74) is 2.77. The van der Waals surface area contributed by atoms with Crippen LogP contribution >= 0.6 is 15.9 Å². The van der Waals surface area contributed by atoms with Crippen molar-refractivity contribution in [1.29, 1.82) is 0 Å². The second-order valence-electron chi connectivity index (χ2n) is 4.65. The van der Waals surface area contributed by atoms with Gasteiger partial charge in [0, 0.05) is 23.4 Å². The lowest BCUT2D eigenvalue weighted by Crippen LogP contribution is -2.34. The fourth-order valence-corrected chi connectivity index (χ4v) is 3.26. The number of nitrogens with one attached hydrogen (secondary N) is 1.